The van der Waals surface area contributed by atoms with Gasteiger partial charge in [-0.15, -0.1) is 0 Å². The van der Waals surface area contributed by atoms with E-state index >= 15 is 0 Å². The van der Waals surface area contributed by atoms with Crippen LogP contribution >= 0.6 is 11.6 Å². The Bertz CT molecular complexity index is 671. The van der Waals surface area contributed by atoms with Crippen molar-refractivity contribution in [2.45, 2.75) is 25.0 Å². The molecule has 2 amide bonds. The fourth-order valence-corrected chi connectivity index (χ4v) is 3.85. The lowest BCUT2D eigenvalue weighted by atomic mass is 10.1. The topological polar surface area (TPSA) is 66.5 Å². The molecule has 1 aromatic rings. The number of urea groups is 1. The Kier molecular flexibility index (Phi) is 4.67. The van der Waals surface area contributed by atoms with E-state index in [9.17, 15) is 17.6 Å². The molecule has 1 N–H and O–H groups in total. The Morgan fingerprint density at radius 3 is 2.64 bits per heavy atom. The third-order valence-corrected chi connectivity index (χ3v) is 6.68. The molecule has 0 aromatic heterocycles. The number of halogens is 2. The van der Waals surface area contributed by atoms with E-state index in [-0.39, 0.29) is 23.0 Å². The number of carbonyl (C=O) groups excluding carboxylic acids is 1. The lowest BCUT2D eigenvalue weighted by Crippen LogP contribution is -2.37. The SMILES string of the molecule is CC1(C)CCN(C(=O)Nc2cc(F)cc(Cl)c2)CCS1(=O)=O. The van der Waals surface area contributed by atoms with E-state index < -0.39 is 26.4 Å². The molecule has 0 unspecified atom stereocenters. The van der Waals surface area contributed by atoms with Crippen molar-refractivity contribution in [3.8, 4) is 0 Å². The lowest BCUT2D eigenvalue weighted by molar-refractivity contribution is 0.214. The van der Waals surface area contributed by atoms with E-state index in [4.69, 9.17) is 11.6 Å². The first kappa shape index (κ1) is 17.0. The fourth-order valence-electron chi connectivity index (χ4n) is 2.21. The summed E-state index contributed by atoms with van der Waals surface area (Å²) in [4.78, 5) is 13.6. The summed E-state index contributed by atoms with van der Waals surface area (Å²) in [6.45, 7) is 3.76. The Labute approximate surface area is 134 Å². The van der Waals surface area contributed by atoms with Crippen molar-refractivity contribution in [1.82, 2.24) is 4.90 Å². The molecule has 0 saturated carbocycles. The first-order valence-corrected chi connectivity index (χ1v) is 8.88. The number of carbonyl (C=O) groups is 1. The molecule has 5 nitrogen and oxygen atoms in total. The number of nitrogens with one attached hydrogen (secondary N) is 1. The lowest BCUT2D eigenvalue weighted by Gasteiger charge is -2.22. The van der Waals surface area contributed by atoms with Gasteiger partial charge >= 0.3 is 6.03 Å². The van der Waals surface area contributed by atoms with Crippen molar-refractivity contribution < 1.29 is 17.6 Å². The molecule has 1 aliphatic heterocycles. The molecule has 0 aliphatic carbocycles. The van der Waals surface area contributed by atoms with E-state index in [1.165, 1.54) is 11.0 Å². The van der Waals surface area contributed by atoms with E-state index in [1.54, 1.807) is 13.8 Å². The van der Waals surface area contributed by atoms with Gasteiger partial charge in [0.2, 0.25) is 0 Å². The van der Waals surface area contributed by atoms with E-state index in [2.05, 4.69) is 5.32 Å². The van der Waals surface area contributed by atoms with Crippen molar-refractivity contribution in [2.24, 2.45) is 0 Å². The van der Waals surface area contributed by atoms with Crippen LogP contribution in [0.15, 0.2) is 18.2 Å². The van der Waals surface area contributed by atoms with Crippen LogP contribution in [0.3, 0.4) is 0 Å². The summed E-state index contributed by atoms with van der Waals surface area (Å²) in [5.74, 6) is -0.639. The van der Waals surface area contributed by atoms with Gasteiger partial charge in [-0.05, 0) is 38.5 Å². The van der Waals surface area contributed by atoms with Crippen molar-refractivity contribution >= 4 is 33.2 Å². The molecule has 1 aromatic carbocycles. The third-order valence-electron chi connectivity index (χ3n) is 3.86. The van der Waals surface area contributed by atoms with Gasteiger partial charge in [-0.25, -0.2) is 17.6 Å². The monoisotopic (exact) mass is 348 g/mol. The standard InChI is InChI=1S/C14H18ClFN2O3S/c1-14(2)3-4-18(5-6-22(14,20)21)13(19)17-12-8-10(15)7-11(16)9-12/h7-9H,3-6H2,1-2H3,(H,17,19). The molecule has 1 heterocycles. The highest BCUT2D eigenvalue weighted by Crippen LogP contribution is 2.25. The summed E-state index contributed by atoms with van der Waals surface area (Å²) in [5, 5.41) is 2.72. The number of anilines is 1. The summed E-state index contributed by atoms with van der Waals surface area (Å²) in [7, 11) is -3.25. The van der Waals surface area contributed by atoms with Gasteiger partial charge in [-0.2, -0.15) is 0 Å². The van der Waals surface area contributed by atoms with Crippen LogP contribution in [0.5, 0.6) is 0 Å². The molecule has 22 heavy (non-hydrogen) atoms. The molecular formula is C14H18ClFN2O3S. The van der Waals surface area contributed by atoms with Crippen LogP contribution in [0.1, 0.15) is 20.3 Å². The smallest absolute Gasteiger partial charge is 0.321 e. The number of sulfone groups is 1. The number of hydrogen-bond donors (Lipinski definition) is 1. The molecule has 8 heteroatoms. The highest BCUT2D eigenvalue weighted by molar-refractivity contribution is 7.92. The fraction of sp³-hybridized carbons (Fsp3) is 0.500. The van der Waals surface area contributed by atoms with Crippen molar-refractivity contribution in [1.29, 1.82) is 0 Å². The van der Waals surface area contributed by atoms with Crippen LogP contribution in [0.2, 0.25) is 5.02 Å². The minimum atomic E-state index is -3.25. The van der Waals surface area contributed by atoms with Crippen LogP contribution in [-0.4, -0.2) is 42.9 Å². The number of benzene rings is 1. The summed E-state index contributed by atoms with van der Waals surface area (Å²) < 4.78 is 36.6. The third kappa shape index (κ3) is 3.70. The maximum atomic E-state index is 13.3. The van der Waals surface area contributed by atoms with Gasteiger partial charge in [-0.1, -0.05) is 11.6 Å². The minimum absolute atomic E-state index is 0.0860. The maximum absolute atomic E-state index is 13.3. The Morgan fingerprint density at radius 2 is 2.00 bits per heavy atom. The van der Waals surface area contributed by atoms with Crippen LogP contribution < -0.4 is 5.32 Å². The average Bonchev–Trinajstić information content (AvgIpc) is 2.46. The van der Waals surface area contributed by atoms with Crippen molar-refractivity contribution in [2.75, 3.05) is 24.2 Å². The second-order valence-corrected chi connectivity index (χ2v) is 9.08. The van der Waals surface area contributed by atoms with Gasteiger partial charge in [-0.3, -0.25) is 0 Å². The molecule has 0 radical (unpaired) electrons. The second-order valence-electron chi connectivity index (χ2n) is 5.90. The predicted molar refractivity (Wildman–Crippen MR) is 84.5 cm³/mol. The summed E-state index contributed by atoms with van der Waals surface area (Å²) in [6.07, 6.45) is 0.354. The number of amides is 2. The average molecular weight is 349 g/mol. The quantitative estimate of drug-likeness (QED) is 0.848. The summed E-state index contributed by atoms with van der Waals surface area (Å²) in [6, 6.07) is 3.26. The van der Waals surface area contributed by atoms with E-state index in [0.717, 1.165) is 12.1 Å². The molecule has 0 atom stereocenters. The largest absolute Gasteiger partial charge is 0.323 e. The van der Waals surface area contributed by atoms with Crippen LogP contribution in [-0.2, 0) is 9.84 Å². The predicted octanol–water partition coefficient (Wildman–Crippen LogP) is 2.91. The van der Waals surface area contributed by atoms with Crippen molar-refractivity contribution in [3.63, 3.8) is 0 Å². The Morgan fingerprint density at radius 1 is 1.32 bits per heavy atom. The van der Waals surface area contributed by atoms with Gasteiger partial charge in [0.15, 0.2) is 9.84 Å². The first-order valence-electron chi connectivity index (χ1n) is 6.85. The van der Waals surface area contributed by atoms with Gasteiger partial charge in [0, 0.05) is 23.8 Å². The van der Waals surface area contributed by atoms with Crippen molar-refractivity contribution in [3.05, 3.63) is 29.0 Å². The zero-order valence-electron chi connectivity index (χ0n) is 12.4. The molecule has 1 aliphatic rings. The number of hydrogen-bond acceptors (Lipinski definition) is 3. The Balaban J connectivity index is 2.10. The second kappa shape index (κ2) is 6.04. The normalized spacial score (nSPS) is 20.3. The zero-order chi connectivity index (χ0) is 16.5. The number of rotatable bonds is 1. The highest BCUT2D eigenvalue weighted by atomic mass is 35.5. The highest BCUT2D eigenvalue weighted by Gasteiger charge is 2.37. The van der Waals surface area contributed by atoms with Crippen LogP contribution in [0, 0.1) is 5.82 Å². The van der Waals surface area contributed by atoms with Gasteiger partial charge in [0.1, 0.15) is 5.82 Å². The first-order chi connectivity index (χ1) is 10.1. The summed E-state index contributed by atoms with van der Waals surface area (Å²) >= 11 is 5.74. The molecule has 1 saturated heterocycles. The van der Waals surface area contributed by atoms with Gasteiger partial charge in [0.05, 0.1) is 10.5 Å². The molecule has 0 spiro atoms. The molecular weight excluding hydrogens is 331 g/mol. The van der Waals surface area contributed by atoms with Gasteiger partial charge < -0.3 is 10.2 Å². The minimum Gasteiger partial charge on any atom is -0.323 e. The van der Waals surface area contributed by atoms with Crippen LogP contribution in [0.4, 0.5) is 14.9 Å². The Hall–Kier alpha value is -1.34. The molecule has 2 rings (SSSR count). The molecule has 1 fully saturated rings. The van der Waals surface area contributed by atoms with E-state index in [1.807, 2.05) is 0 Å². The van der Waals surface area contributed by atoms with Gasteiger partial charge in [0.25, 0.3) is 0 Å². The number of nitrogens with zero attached hydrogens (tertiary/aromatic N) is 1. The van der Waals surface area contributed by atoms with E-state index in [0.29, 0.717) is 13.0 Å². The maximum Gasteiger partial charge on any atom is 0.321 e. The van der Waals surface area contributed by atoms with Crippen LogP contribution in [0.25, 0.3) is 0 Å². The summed E-state index contributed by atoms with van der Waals surface area (Å²) in [5.41, 5.74) is 0.237. The zero-order valence-corrected chi connectivity index (χ0v) is 14.0. The molecule has 122 valence electrons. The molecule has 0 bridgehead atoms.